The van der Waals surface area contributed by atoms with Crippen molar-refractivity contribution in [1.82, 2.24) is 0 Å². The fraction of sp³-hybridized carbons (Fsp3) is 0. The van der Waals surface area contributed by atoms with Gasteiger partial charge in [-0.25, -0.2) is 0 Å². The van der Waals surface area contributed by atoms with E-state index in [1.165, 1.54) is 45.7 Å². The fourth-order valence-corrected chi connectivity index (χ4v) is 20.9. The van der Waals surface area contributed by atoms with Gasteiger partial charge in [-0.3, -0.25) is 0 Å². The van der Waals surface area contributed by atoms with Gasteiger partial charge in [0.2, 0.25) is 0 Å². The summed E-state index contributed by atoms with van der Waals surface area (Å²) in [7, 11) is 0. The number of nitrogens with zero attached hydrogens (tertiary/aromatic N) is 3. The highest BCUT2D eigenvalue weighted by atomic mass is 32.1. The predicted molar refractivity (Wildman–Crippen MR) is 500 cm³/mol. The Kier molecular flexibility index (Phi) is 15.2. The quantitative estimate of drug-likeness (QED) is 0.139. The van der Waals surface area contributed by atoms with Gasteiger partial charge < -0.3 is 45.6 Å². The number of thiophene rings is 2. The average Bonchev–Trinajstić information content (AvgIpc) is 1.56. The number of anilines is 9. The summed E-state index contributed by atoms with van der Waals surface area (Å²) in [5.74, 6) is 0. The number of fused-ring (bicyclic) bond motifs is 33. The van der Waals surface area contributed by atoms with Crippen molar-refractivity contribution in [2.24, 2.45) is 0 Å². The molecule has 27 aromatic rings. The molecule has 0 aliphatic carbocycles. The first-order valence-corrected chi connectivity index (χ1v) is 41.7. The maximum absolute atomic E-state index is 6.81. The maximum atomic E-state index is 6.81. The van der Waals surface area contributed by atoms with Crippen LogP contribution in [-0.4, -0.2) is 0 Å². The van der Waals surface area contributed by atoms with Crippen LogP contribution < -0.4 is 14.7 Å². The number of hydrogen-bond acceptors (Lipinski definition) is 12. The van der Waals surface area contributed by atoms with Crippen LogP contribution in [0.1, 0.15) is 0 Å². The molecule has 0 amide bonds. The average molecular weight is 1580 g/mol. The van der Waals surface area contributed by atoms with E-state index in [1.807, 2.05) is 95.5 Å². The molecule has 0 atom stereocenters. The highest BCUT2D eigenvalue weighted by Gasteiger charge is 2.28. The number of hydrogen-bond donors (Lipinski definition) is 0. The van der Waals surface area contributed by atoms with Gasteiger partial charge in [-0.05, 0) is 182 Å². The Labute approximate surface area is 690 Å². The summed E-state index contributed by atoms with van der Waals surface area (Å²) in [6, 6.07) is 132. The summed E-state index contributed by atoms with van der Waals surface area (Å²) in [5.41, 5.74) is 21.5. The Morgan fingerprint density at radius 2 is 0.433 bits per heavy atom. The summed E-state index contributed by atoms with van der Waals surface area (Å²) in [6.45, 7) is 0. The number of furan rings is 7. The molecule has 0 radical (unpaired) electrons. The minimum Gasteiger partial charge on any atom is -0.456 e. The van der Waals surface area contributed by atoms with Crippen LogP contribution in [0.4, 0.5) is 51.2 Å². The van der Waals surface area contributed by atoms with Gasteiger partial charge in [0.05, 0.1) is 33.2 Å². The Morgan fingerprint density at radius 1 is 0.150 bits per heavy atom. The van der Waals surface area contributed by atoms with Gasteiger partial charge in [0.15, 0.2) is 16.7 Å². The van der Waals surface area contributed by atoms with Crippen molar-refractivity contribution in [2.75, 3.05) is 14.7 Å². The number of rotatable bonds is 9. The molecule has 0 unspecified atom stereocenters. The van der Waals surface area contributed by atoms with E-state index in [2.05, 4.69) is 324 Å². The lowest BCUT2D eigenvalue weighted by Gasteiger charge is -2.25. The van der Waals surface area contributed by atoms with Crippen LogP contribution in [0, 0.1) is 0 Å². The third-order valence-corrected chi connectivity index (χ3v) is 26.0. The van der Waals surface area contributed by atoms with Gasteiger partial charge in [0.1, 0.15) is 61.4 Å². The Bertz CT molecular complexity index is 7830. The smallest absolute Gasteiger partial charge is 0.159 e. The van der Waals surface area contributed by atoms with E-state index in [1.54, 1.807) is 0 Å². The lowest BCUT2D eigenvalue weighted by Crippen LogP contribution is -2.09. The first-order valence-electron chi connectivity index (χ1n) is 40.1. The monoisotopic (exact) mass is 1580 g/mol. The van der Waals surface area contributed by atoms with Gasteiger partial charge in [0, 0.05) is 134 Å². The van der Waals surface area contributed by atoms with Crippen molar-refractivity contribution in [3.05, 3.63) is 382 Å². The Hall–Kier alpha value is -15.6. The largest absolute Gasteiger partial charge is 0.456 e. The van der Waals surface area contributed by atoms with Crippen LogP contribution >= 0.6 is 22.7 Å². The molecular formula is C108H63N3O7S2. The van der Waals surface area contributed by atoms with E-state index >= 15 is 0 Å². The van der Waals surface area contributed by atoms with Crippen LogP contribution in [0.2, 0.25) is 0 Å². The minimum absolute atomic E-state index is 0.795. The Balaban J connectivity index is 0.0000000997. The molecule has 18 aromatic carbocycles. The molecule has 0 aliphatic heterocycles. The molecule has 0 spiro atoms. The van der Waals surface area contributed by atoms with Crippen molar-refractivity contribution in [1.29, 1.82) is 0 Å². The molecule has 564 valence electrons. The Morgan fingerprint density at radius 3 is 0.842 bits per heavy atom. The summed E-state index contributed by atoms with van der Waals surface area (Å²) < 4.78 is 50.9. The SMILES string of the molecule is c1ccc(N(c2ccccc2)c2cccc3c2oc2ccc4c5ccc6oc7ccccc7c6c5oc4c23)cc1.c1ccc(N(c2ccccc2)c2cccc3c2oc2ccc4c5ccc6oc7ccccc7c6c5sc4c23)cc1.c1ccc(N(c2ccccc2)c2cccc3c2oc2ccc4c5ccc6sc7ccccc7c6c5oc4c23)cc1. The second-order valence-electron chi connectivity index (χ2n) is 30.3. The summed E-state index contributed by atoms with van der Waals surface area (Å²) in [5, 5.41) is 20.0. The maximum Gasteiger partial charge on any atom is 0.159 e. The van der Waals surface area contributed by atoms with Crippen LogP contribution in [0.15, 0.2) is 413 Å². The first kappa shape index (κ1) is 67.7. The minimum atomic E-state index is 0.795. The second kappa shape index (κ2) is 27.0. The zero-order valence-corrected chi connectivity index (χ0v) is 65.5. The first-order chi connectivity index (χ1) is 59.5. The molecule has 9 aromatic heterocycles. The number of para-hydroxylation sites is 11. The van der Waals surface area contributed by atoms with Crippen LogP contribution in [0.3, 0.4) is 0 Å². The molecule has 10 nitrogen and oxygen atoms in total. The summed E-state index contributed by atoms with van der Waals surface area (Å²) in [4.78, 5) is 6.76. The molecule has 0 bridgehead atoms. The predicted octanol–water partition coefficient (Wildman–Crippen LogP) is 33.5. The summed E-state index contributed by atoms with van der Waals surface area (Å²) in [6.07, 6.45) is 0. The van der Waals surface area contributed by atoms with Gasteiger partial charge >= 0.3 is 0 Å². The van der Waals surface area contributed by atoms with Crippen molar-refractivity contribution < 1.29 is 30.9 Å². The van der Waals surface area contributed by atoms with E-state index in [0.29, 0.717) is 0 Å². The highest BCUT2D eigenvalue weighted by molar-refractivity contribution is 7.28. The molecule has 27 rings (SSSR count). The van der Waals surface area contributed by atoms with Crippen molar-refractivity contribution >= 4 is 268 Å². The van der Waals surface area contributed by atoms with Crippen molar-refractivity contribution in [2.45, 2.75) is 0 Å². The highest BCUT2D eigenvalue weighted by Crippen LogP contribution is 2.53. The third-order valence-electron chi connectivity index (χ3n) is 23.6. The van der Waals surface area contributed by atoms with Crippen molar-refractivity contribution in [3.63, 3.8) is 0 Å². The topological polar surface area (TPSA) is 102 Å². The molecule has 9 heterocycles. The standard InChI is InChI=1S/C36H21NO3.2C36H21NO2S/c1-3-10-22(11-4-1)37(23-12-5-2-6-13-23)28-16-9-15-27-33-31(39-34(27)28)21-19-25-24-18-20-30-32(35(24)40-36(25)33)26-14-7-8-17-29(26)38-30;1-3-10-22(11-4-1)37(23-12-5-2-6-13-23)28-16-9-15-27-32-29(38-34(27)28)20-18-24-25-19-21-31-33(36(25)39-35(24)32)26-14-7-8-17-30(26)40-31;1-3-10-22(11-4-1)37(23-12-5-2-6-13-23)28-16-9-15-27-33-31(39-34(27)28)21-19-25-24-18-20-30-32(35(24)40-36(25)33)26-14-7-8-17-29(26)38-30/h3*1-21H. The third kappa shape index (κ3) is 10.5. The van der Waals surface area contributed by atoms with Gasteiger partial charge in [-0.1, -0.05) is 200 Å². The molecule has 0 saturated heterocycles. The van der Waals surface area contributed by atoms with Gasteiger partial charge in [0.25, 0.3) is 0 Å². The molecule has 0 saturated carbocycles. The van der Waals surface area contributed by atoms with E-state index in [4.69, 9.17) is 30.9 Å². The van der Waals surface area contributed by atoms with E-state index < -0.39 is 0 Å². The van der Waals surface area contributed by atoms with E-state index in [-0.39, 0.29) is 0 Å². The van der Waals surface area contributed by atoms with Gasteiger partial charge in [-0.2, -0.15) is 0 Å². The zero-order chi connectivity index (χ0) is 78.6. The van der Waals surface area contributed by atoms with Crippen LogP contribution in [0.5, 0.6) is 0 Å². The second-order valence-corrected chi connectivity index (χ2v) is 32.4. The molecule has 0 N–H and O–H groups in total. The van der Waals surface area contributed by atoms with Gasteiger partial charge in [-0.15, -0.1) is 22.7 Å². The zero-order valence-electron chi connectivity index (χ0n) is 63.9. The van der Waals surface area contributed by atoms with E-state index in [0.717, 1.165) is 199 Å². The molecular weight excluding hydrogens is 1520 g/mol. The molecule has 12 heteroatoms. The fourth-order valence-electron chi connectivity index (χ4n) is 18.4. The number of benzene rings is 18. The lowest BCUT2D eigenvalue weighted by atomic mass is 10.1. The molecule has 0 fully saturated rings. The summed E-state index contributed by atoms with van der Waals surface area (Å²) >= 11 is 3.64. The van der Waals surface area contributed by atoms with E-state index in [9.17, 15) is 0 Å². The lowest BCUT2D eigenvalue weighted by molar-refractivity contribution is 0.661. The van der Waals surface area contributed by atoms with Crippen LogP contribution in [-0.2, 0) is 0 Å². The molecule has 120 heavy (non-hydrogen) atoms. The van der Waals surface area contributed by atoms with Crippen LogP contribution in [0.25, 0.3) is 194 Å². The normalized spacial score (nSPS) is 12.0. The van der Waals surface area contributed by atoms with Crippen molar-refractivity contribution in [3.8, 4) is 0 Å². The molecule has 0 aliphatic rings.